The number of aromatic nitrogens is 1. The summed E-state index contributed by atoms with van der Waals surface area (Å²) < 4.78 is 10.5. The number of aryl methyl sites for hydroxylation is 1. The molecular formula is C16H13NO3S. The van der Waals surface area contributed by atoms with Gasteiger partial charge in [-0.15, -0.1) is 11.3 Å². The van der Waals surface area contributed by atoms with Gasteiger partial charge in [0.05, 0.1) is 0 Å². The fourth-order valence-electron chi connectivity index (χ4n) is 1.87. The third kappa shape index (κ3) is 3.20. The lowest BCUT2D eigenvalue weighted by atomic mass is 10.2. The summed E-state index contributed by atoms with van der Waals surface area (Å²) in [5.74, 6) is 0.325. The Morgan fingerprint density at radius 1 is 1.24 bits per heavy atom. The van der Waals surface area contributed by atoms with Gasteiger partial charge in [0.1, 0.15) is 17.2 Å². The second kappa shape index (κ2) is 5.93. The van der Waals surface area contributed by atoms with Gasteiger partial charge in [-0.1, -0.05) is 35.5 Å². The van der Waals surface area contributed by atoms with Gasteiger partial charge in [-0.25, -0.2) is 4.79 Å². The molecule has 0 N–H and O–H groups in total. The number of nitrogens with zero attached hydrogens (tertiary/aromatic N) is 1. The molecule has 0 saturated heterocycles. The van der Waals surface area contributed by atoms with Crippen molar-refractivity contribution >= 4 is 17.3 Å². The Labute approximate surface area is 126 Å². The lowest BCUT2D eigenvalue weighted by Gasteiger charge is -1.99. The number of benzene rings is 1. The number of hydrogen-bond donors (Lipinski definition) is 0. The minimum atomic E-state index is -0.336. The number of esters is 1. The molecule has 106 valence electrons. The zero-order valence-electron chi connectivity index (χ0n) is 11.4. The Balaban J connectivity index is 1.64. The Hall–Kier alpha value is -2.40. The molecule has 3 rings (SSSR count). The summed E-state index contributed by atoms with van der Waals surface area (Å²) in [6, 6.07) is 15.1. The Bertz CT molecular complexity index is 746. The van der Waals surface area contributed by atoms with Crippen LogP contribution in [0, 0.1) is 6.92 Å². The van der Waals surface area contributed by atoms with Crippen LogP contribution in [0.2, 0.25) is 0 Å². The van der Waals surface area contributed by atoms with Crippen molar-refractivity contribution in [2.75, 3.05) is 0 Å². The van der Waals surface area contributed by atoms with E-state index >= 15 is 0 Å². The van der Waals surface area contributed by atoms with Crippen molar-refractivity contribution in [2.45, 2.75) is 13.5 Å². The van der Waals surface area contributed by atoms with E-state index in [2.05, 4.69) is 5.16 Å². The molecule has 0 radical (unpaired) electrons. The van der Waals surface area contributed by atoms with E-state index in [9.17, 15) is 4.79 Å². The lowest BCUT2D eigenvalue weighted by Crippen LogP contribution is -2.03. The molecule has 3 aromatic rings. The van der Waals surface area contributed by atoms with Crippen molar-refractivity contribution in [3.8, 4) is 11.3 Å². The maximum atomic E-state index is 11.8. The lowest BCUT2D eigenvalue weighted by molar-refractivity contribution is 0.0470. The van der Waals surface area contributed by atoms with E-state index in [0.29, 0.717) is 16.3 Å². The van der Waals surface area contributed by atoms with Crippen LogP contribution in [-0.2, 0) is 11.3 Å². The molecule has 0 atom stereocenters. The molecule has 0 amide bonds. The van der Waals surface area contributed by atoms with Gasteiger partial charge in [0.25, 0.3) is 0 Å². The number of carbonyl (C=O) groups excluding carboxylic acids is 1. The van der Waals surface area contributed by atoms with Gasteiger partial charge < -0.3 is 9.26 Å². The predicted octanol–water partition coefficient (Wildman–Crippen LogP) is 4.07. The molecular weight excluding hydrogens is 286 g/mol. The van der Waals surface area contributed by atoms with Crippen molar-refractivity contribution in [3.05, 3.63) is 64.0 Å². The Morgan fingerprint density at radius 2 is 2.05 bits per heavy atom. The summed E-state index contributed by atoms with van der Waals surface area (Å²) in [5.41, 5.74) is 1.53. The monoisotopic (exact) mass is 299 g/mol. The molecule has 0 bridgehead atoms. The maximum absolute atomic E-state index is 11.8. The molecule has 0 spiro atoms. The topological polar surface area (TPSA) is 52.3 Å². The number of ether oxygens (including phenoxy) is 1. The Kier molecular flexibility index (Phi) is 3.83. The van der Waals surface area contributed by atoms with Crippen molar-refractivity contribution in [2.24, 2.45) is 0 Å². The van der Waals surface area contributed by atoms with Crippen LogP contribution in [-0.4, -0.2) is 11.1 Å². The summed E-state index contributed by atoms with van der Waals surface area (Å²) in [5, 5.41) is 3.91. The molecule has 0 saturated carbocycles. The van der Waals surface area contributed by atoms with Gasteiger partial charge in [-0.3, -0.25) is 0 Å². The number of thiophene rings is 1. The number of carbonyl (C=O) groups is 1. The van der Waals surface area contributed by atoms with Crippen molar-refractivity contribution in [3.63, 3.8) is 0 Å². The van der Waals surface area contributed by atoms with Crippen LogP contribution in [0.15, 0.2) is 53.1 Å². The highest BCUT2D eigenvalue weighted by molar-refractivity contribution is 7.13. The average molecular weight is 299 g/mol. The molecule has 4 nitrogen and oxygen atoms in total. The molecule has 5 heteroatoms. The first-order valence-corrected chi connectivity index (χ1v) is 7.28. The van der Waals surface area contributed by atoms with Crippen LogP contribution < -0.4 is 0 Å². The first-order chi connectivity index (χ1) is 10.2. The zero-order valence-corrected chi connectivity index (χ0v) is 12.2. The summed E-state index contributed by atoms with van der Waals surface area (Å²) in [6.07, 6.45) is 0. The van der Waals surface area contributed by atoms with E-state index in [1.807, 2.05) is 43.3 Å². The van der Waals surface area contributed by atoms with Gasteiger partial charge >= 0.3 is 5.97 Å². The molecule has 2 heterocycles. The highest BCUT2D eigenvalue weighted by Gasteiger charge is 2.12. The van der Waals surface area contributed by atoms with E-state index in [4.69, 9.17) is 9.26 Å². The summed E-state index contributed by atoms with van der Waals surface area (Å²) in [6.45, 7) is 2.05. The smallest absolute Gasteiger partial charge is 0.348 e. The molecule has 0 unspecified atom stereocenters. The van der Waals surface area contributed by atoms with Crippen LogP contribution in [0.4, 0.5) is 0 Å². The van der Waals surface area contributed by atoms with E-state index in [0.717, 1.165) is 10.4 Å². The minimum Gasteiger partial charge on any atom is -0.455 e. The normalized spacial score (nSPS) is 10.5. The van der Waals surface area contributed by atoms with Crippen molar-refractivity contribution < 1.29 is 14.1 Å². The number of rotatable bonds is 4. The van der Waals surface area contributed by atoms with Gasteiger partial charge in [0.15, 0.2) is 5.76 Å². The molecule has 2 aromatic heterocycles. The van der Waals surface area contributed by atoms with Gasteiger partial charge in [-0.05, 0) is 19.1 Å². The van der Waals surface area contributed by atoms with Crippen LogP contribution in [0.3, 0.4) is 0 Å². The van der Waals surface area contributed by atoms with Crippen molar-refractivity contribution in [1.82, 2.24) is 5.16 Å². The van der Waals surface area contributed by atoms with Crippen LogP contribution in [0.25, 0.3) is 11.3 Å². The van der Waals surface area contributed by atoms with Crippen LogP contribution in [0.5, 0.6) is 0 Å². The first kappa shape index (κ1) is 13.6. The van der Waals surface area contributed by atoms with Crippen LogP contribution >= 0.6 is 11.3 Å². The SMILES string of the molecule is Cc1ccc(C(=O)OCc2cc(-c3ccccc3)on2)s1. The van der Waals surface area contributed by atoms with E-state index in [-0.39, 0.29) is 12.6 Å². The summed E-state index contributed by atoms with van der Waals surface area (Å²) in [7, 11) is 0. The molecule has 1 aromatic carbocycles. The molecule has 0 fully saturated rings. The molecule has 21 heavy (non-hydrogen) atoms. The van der Waals surface area contributed by atoms with E-state index in [1.165, 1.54) is 11.3 Å². The highest BCUT2D eigenvalue weighted by Crippen LogP contribution is 2.21. The minimum absolute atomic E-state index is 0.103. The van der Waals surface area contributed by atoms with E-state index < -0.39 is 0 Å². The molecule has 0 aliphatic carbocycles. The molecule has 0 aliphatic rings. The third-order valence-corrected chi connectivity index (χ3v) is 3.89. The summed E-state index contributed by atoms with van der Waals surface area (Å²) >= 11 is 1.41. The summed E-state index contributed by atoms with van der Waals surface area (Å²) in [4.78, 5) is 13.5. The van der Waals surface area contributed by atoms with Crippen molar-refractivity contribution in [1.29, 1.82) is 0 Å². The fraction of sp³-hybridized carbons (Fsp3) is 0.125. The highest BCUT2D eigenvalue weighted by atomic mass is 32.1. The Morgan fingerprint density at radius 3 is 2.76 bits per heavy atom. The van der Waals surface area contributed by atoms with E-state index in [1.54, 1.807) is 12.1 Å². The van der Waals surface area contributed by atoms with Gasteiger partial charge in [-0.2, -0.15) is 0 Å². The quantitative estimate of drug-likeness (QED) is 0.681. The second-order valence-corrected chi connectivity index (χ2v) is 5.82. The average Bonchev–Trinajstić information content (AvgIpc) is 3.15. The van der Waals surface area contributed by atoms with Crippen LogP contribution in [0.1, 0.15) is 20.2 Å². The zero-order chi connectivity index (χ0) is 14.7. The van der Waals surface area contributed by atoms with Gasteiger partial charge in [0, 0.05) is 16.5 Å². The standard InChI is InChI=1S/C16H13NO3S/c1-11-7-8-15(21-11)16(18)19-10-13-9-14(20-17-13)12-5-3-2-4-6-12/h2-9H,10H2,1H3. The molecule has 0 aliphatic heterocycles. The van der Waals surface area contributed by atoms with Gasteiger partial charge in [0.2, 0.25) is 0 Å². The number of hydrogen-bond acceptors (Lipinski definition) is 5. The third-order valence-electron chi connectivity index (χ3n) is 2.91. The second-order valence-electron chi connectivity index (χ2n) is 4.53. The predicted molar refractivity (Wildman–Crippen MR) is 80.1 cm³/mol. The first-order valence-electron chi connectivity index (χ1n) is 6.47. The fourth-order valence-corrected chi connectivity index (χ4v) is 2.63. The largest absolute Gasteiger partial charge is 0.455 e. The maximum Gasteiger partial charge on any atom is 0.348 e.